The van der Waals surface area contributed by atoms with Gasteiger partial charge in [0.1, 0.15) is 11.1 Å². The molecule has 0 aliphatic carbocycles. The Labute approximate surface area is 197 Å². The molecule has 9 heteroatoms. The van der Waals surface area contributed by atoms with Crippen LogP contribution < -0.4 is 0 Å². The number of nitriles is 1. The van der Waals surface area contributed by atoms with E-state index in [1.807, 2.05) is 42.2 Å². The summed E-state index contributed by atoms with van der Waals surface area (Å²) in [6.45, 7) is 4.19. The lowest BCUT2D eigenvalue weighted by Gasteiger charge is -2.29. The van der Waals surface area contributed by atoms with Crippen LogP contribution >= 0.6 is 11.9 Å². The maximum Gasteiger partial charge on any atom is 0.253 e. The van der Waals surface area contributed by atoms with Crippen molar-refractivity contribution in [1.29, 1.82) is 5.26 Å². The topological polar surface area (TPSA) is 86.5 Å². The van der Waals surface area contributed by atoms with Crippen molar-refractivity contribution < 1.29 is 13.2 Å². The van der Waals surface area contributed by atoms with Crippen molar-refractivity contribution >= 4 is 32.9 Å². The number of benzene rings is 2. The van der Waals surface area contributed by atoms with E-state index in [2.05, 4.69) is 11.1 Å². The van der Waals surface area contributed by atoms with Crippen LogP contribution in [0.3, 0.4) is 0 Å². The summed E-state index contributed by atoms with van der Waals surface area (Å²) in [4.78, 5) is 6.77. The van der Waals surface area contributed by atoms with Crippen molar-refractivity contribution in [3.63, 3.8) is 0 Å². The summed E-state index contributed by atoms with van der Waals surface area (Å²) in [5.41, 5.74) is 2.76. The van der Waals surface area contributed by atoms with E-state index in [1.165, 1.54) is 3.71 Å². The first kappa shape index (κ1) is 21.9. The summed E-state index contributed by atoms with van der Waals surface area (Å²) in [5, 5.41) is 11.8. The Morgan fingerprint density at radius 3 is 2.55 bits per heavy atom. The molecule has 2 aromatic carbocycles. The third kappa shape index (κ3) is 3.89. The molecule has 0 radical (unpaired) electrons. The second kappa shape index (κ2) is 8.80. The number of pyridine rings is 1. The second-order valence-corrected chi connectivity index (χ2v) is 10.9. The van der Waals surface area contributed by atoms with Gasteiger partial charge in [-0.25, -0.2) is 8.42 Å². The van der Waals surface area contributed by atoms with Gasteiger partial charge in [-0.1, -0.05) is 42.0 Å². The monoisotopic (exact) mass is 478 g/mol. The Morgan fingerprint density at radius 1 is 1.09 bits per heavy atom. The van der Waals surface area contributed by atoms with Crippen molar-refractivity contribution in [3.05, 3.63) is 82.5 Å². The first-order valence-electron chi connectivity index (χ1n) is 10.6. The molecule has 7 nitrogen and oxygen atoms in total. The third-order valence-corrected chi connectivity index (χ3v) is 9.23. The molecular weight excluding hydrogens is 456 g/mol. The third-order valence-electron chi connectivity index (χ3n) is 5.82. The number of hydrogen-bond acceptors (Lipinski definition) is 7. The molecule has 1 unspecified atom stereocenters. The average molecular weight is 479 g/mol. The van der Waals surface area contributed by atoms with Gasteiger partial charge < -0.3 is 9.64 Å². The molecule has 0 spiro atoms. The number of hydrogen-bond donors (Lipinski definition) is 0. The summed E-state index contributed by atoms with van der Waals surface area (Å²) in [6, 6.07) is 17.8. The SMILES string of the molecule is Cc1ccc(S(=O)(=O)N2SC(N3CCOCC3)=C(C#N)C2c2cccc3cccnc23)cc1. The van der Waals surface area contributed by atoms with Crippen LogP contribution in [0.4, 0.5) is 0 Å². The molecule has 0 saturated carbocycles. The van der Waals surface area contributed by atoms with Crippen LogP contribution in [0.15, 0.2) is 76.3 Å². The van der Waals surface area contributed by atoms with Crippen LogP contribution in [0.5, 0.6) is 0 Å². The van der Waals surface area contributed by atoms with Crippen molar-refractivity contribution in [2.75, 3.05) is 26.3 Å². The smallest absolute Gasteiger partial charge is 0.253 e. The van der Waals surface area contributed by atoms with Gasteiger partial charge in [0, 0.05) is 30.2 Å². The van der Waals surface area contributed by atoms with Gasteiger partial charge in [-0.05, 0) is 37.1 Å². The van der Waals surface area contributed by atoms with Crippen LogP contribution in [0.25, 0.3) is 10.9 Å². The fraction of sp³-hybridized carbons (Fsp3) is 0.250. The standard InChI is InChI=1S/C24H22N4O3S2/c1-17-7-9-19(10-8-17)33(29,30)28-23(20-6-2-4-18-5-3-11-26-22(18)20)21(16-25)24(32-28)27-12-14-31-15-13-27/h2-11,23H,12-15H2,1H3. The van der Waals surface area contributed by atoms with E-state index < -0.39 is 16.1 Å². The molecule has 168 valence electrons. The van der Waals surface area contributed by atoms with Gasteiger partial charge in [0.2, 0.25) is 0 Å². The molecule has 33 heavy (non-hydrogen) atoms. The van der Waals surface area contributed by atoms with E-state index in [-0.39, 0.29) is 4.90 Å². The van der Waals surface area contributed by atoms with Gasteiger partial charge in [-0.3, -0.25) is 4.98 Å². The Kier molecular flexibility index (Phi) is 5.85. The maximum atomic E-state index is 13.9. The van der Waals surface area contributed by atoms with Gasteiger partial charge in [-0.2, -0.15) is 5.26 Å². The number of fused-ring (bicyclic) bond motifs is 1. The zero-order valence-corrected chi connectivity index (χ0v) is 19.6. The summed E-state index contributed by atoms with van der Waals surface area (Å²) in [6.07, 6.45) is 1.69. The molecule has 0 bridgehead atoms. The summed E-state index contributed by atoms with van der Waals surface area (Å²) < 4.78 is 34.6. The minimum atomic E-state index is -3.92. The minimum Gasteiger partial charge on any atom is -0.378 e. The highest BCUT2D eigenvalue weighted by Crippen LogP contribution is 2.51. The molecule has 3 aromatic rings. The Bertz CT molecular complexity index is 1370. The quantitative estimate of drug-likeness (QED) is 0.524. The first-order chi connectivity index (χ1) is 16.0. The number of sulfonamides is 1. The molecule has 5 rings (SSSR count). The van der Waals surface area contributed by atoms with E-state index in [4.69, 9.17) is 4.74 Å². The lowest BCUT2D eigenvalue weighted by Crippen LogP contribution is -2.35. The largest absolute Gasteiger partial charge is 0.378 e. The highest BCUT2D eigenvalue weighted by atomic mass is 32.3. The van der Waals surface area contributed by atoms with Gasteiger partial charge in [-0.15, -0.1) is 3.71 Å². The van der Waals surface area contributed by atoms with Crippen molar-refractivity contribution in [2.24, 2.45) is 0 Å². The maximum absolute atomic E-state index is 13.9. The van der Waals surface area contributed by atoms with Crippen LogP contribution in [-0.4, -0.2) is 48.3 Å². The summed E-state index contributed by atoms with van der Waals surface area (Å²) in [7, 11) is -3.92. The van der Waals surface area contributed by atoms with Crippen molar-refractivity contribution in [3.8, 4) is 6.07 Å². The van der Waals surface area contributed by atoms with Crippen LogP contribution in [0.1, 0.15) is 17.2 Å². The van der Waals surface area contributed by atoms with Crippen molar-refractivity contribution in [1.82, 2.24) is 13.6 Å². The molecule has 1 fully saturated rings. The van der Waals surface area contributed by atoms with Gasteiger partial charge >= 0.3 is 0 Å². The second-order valence-electron chi connectivity index (χ2n) is 7.92. The van der Waals surface area contributed by atoms with E-state index in [1.54, 1.807) is 30.5 Å². The highest BCUT2D eigenvalue weighted by Gasteiger charge is 2.45. The number of aromatic nitrogens is 1. The number of ether oxygens (including phenoxy) is 1. The lowest BCUT2D eigenvalue weighted by atomic mass is 9.98. The zero-order valence-electron chi connectivity index (χ0n) is 18.0. The highest BCUT2D eigenvalue weighted by molar-refractivity contribution is 8.11. The fourth-order valence-electron chi connectivity index (χ4n) is 4.13. The normalized spacial score (nSPS) is 19.8. The van der Waals surface area contributed by atoms with Crippen LogP contribution in [-0.2, 0) is 14.8 Å². The molecule has 2 aliphatic heterocycles. The number of rotatable bonds is 4. The van der Waals surface area contributed by atoms with E-state index in [0.717, 1.165) is 22.9 Å². The predicted octanol–water partition coefficient (Wildman–Crippen LogP) is 4.00. The minimum absolute atomic E-state index is 0.194. The molecular formula is C24H22N4O3S2. The molecule has 2 aliphatic rings. The first-order valence-corrected chi connectivity index (χ1v) is 12.8. The van der Waals surface area contributed by atoms with Gasteiger partial charge in [0.15, 0.2) is 0 Å². The van der Waals surface area contributed by atoms with E-state index in [9.17, 15) is 13.7 Å². The number of para-hydroxylation sites is 1. The van der Waals surface area contributed by atoms with Gasteiger partial charge in [0.05, 0.1) is 35.3 Å². The number of aryl methyl sites for hydroxylation is 1. The molecule has 3 heterocycles. The zero-order chi connectivity index (χ0) is 23.0. The van der Waals surface area contributed by atoms with E-state index in [0.29, 0.717) is 48.0 Å². The van der Waals surface area contributed by atoms with Crippen molar-refractivity contribution in [2.45, 2.75) is 17.9 Å². The summed E-state index contributed by atoms with van der Waals surface area (Å²) in [5.74, 6) is 0. The van der Waals surface area contributed by atoms with Crippen LogP contribution in [0, 0.1) is 18.3 Å². The van der Waals surface area contributed by atoms with Gasteiger partial charge in [0.25, 0.3) is 10.0 Å². The van der Waals surface area contributed by atoms with E-state index >= 15 is 0 Å². The Hall–Kier alpha value is -2.90. The molecule has 1 aromatic heterocycles. The number of nitrogens with zero attached hydrogens (tertiary/aromatic N) is 4. The average Bonchev–Trinajstić information content (AvgIpc) is 3.25. The number of morpholine rings is 1. The molecule has 0 N–H and O–H groups in total. The Balaban J connectivity index is 1.70. The lowest BCUT2D eigenvalue weighted by molar-refractivity contribution is 0.0574. The fourth-order valence-corrected chi connectivity index (χ4v) is 7.23. The predicted molar refractivity (Wildman–Crippen MR) is 127 cm³/mol. The molecule has 1 atom stereocenters. The Morgan fingerprint density at radius 2 is 1.82 bits per heavy atom. The molecule has 0 amide bonds. The molecule has 1 saturated heterocycles. The summed E-state index contributed by atoms with van der Waals surface area (Å²) >= 11 is 1.11. The van der Waals surface area contributed by atoms with Crippen LogP contribution in [0.2, 0.25) is 0 Å².